The van der Waals surface area contributed by atoms with E-state index >= 15 is 0 Å². The normalized spacial score (nSPS) is 33.5. The minimum atomic E-state index is -0.182. The first-order valence-electron chi connectivity index (χ1n) is 7.32. The topological polar surface area (TPSA) is 54.5 Å². The fourth-order valence-corrected chi connectivity index (χ4v) is 3.87. The first-order valence-corrected chi connectivity index (χ1v) is 7.32. The molecule has 3 rings (SSSR count). The van der Waals surface area contributed by atoms with Crippen LogP contribution in [0.4, 0.5) is 0 Å². The van der Waals surface area contributed by atoms with Crippen LogP contribution in [-0.2, 0) is 14.4 Å². The number of amides is 2. The molecule has 4 nitrogen and oxygen atoms in total. The van der Waals surface area contributed by atoms with E-state index in [0.29, 0.717) is 0 Å². The summed E-state index contributed by atoms with van der Waals surface area (Å²) in [7, 11) is 0. The maximum absolute atomic E-state index is 12.2. The molecule has 2 atom stereocenters. The van der Waals surface area contributed by atoms with E-state index in [4.69, 9.17) is 0 Å². The van der Waals surface area contributed by atoms with E-state index in [1.807, 2.05) is 13.8 Å². The Morgan fingerprint density at radius 2 is 1.63 bits per heavy atom. The number of imide groups is 1. The molecule has 2 unspecified atom stereocenters. The van der Waals surface area contributed by atoms with Crippen LogP contribution < -0.4 is 0 Å². The molecular formula is C15H21NO3. The average Bonchev–Trinajstić information content (AvgIpc) is 2.87. The summed E-state index contributed by atoms with van der Waals surface area (Å²) in [5.41, 5.74) is -0.182. The number of fused-ring (bicyclic) bond motifs is 1. The highest BCUT2D eigenvalue weighted by atomic mass is 16.2. The van der Waals surface area contributed by atoms with Gasteiger partial charge < -0.3 is 0 Å². The third-order valence-corrected chi connectivity index (χ3v) is 5.27. The Morgan fingerprint density at radius 3 is 2.16 bits per heavy atom. The van der Waals surface area contributed by atoms with Gasteiger partial charge in [0.05, 0.1) is 18.4 Å². The van der Waals surface area contributed by atoms with Crippen molar-refractivity contribution in [1.29, 1.82) is 0 Å². The van der Waals surface area contributed by atoms with E-state index in [1.165, 1.54) is 11.3 Å². The van der Waals surface area contributed by atoms with Crippen molar-refractivity contribution in [3.63, 3.8) is 0 Å². The van der Waals surface area contributed by atoms with Crippen molar-refractivity contribution in [3.8, 4) is 0 Å². The Hall–Kier alpha value is -1.19. The predicted octanol–water partition coefficient (Wildman–Crippen LogP) is 1.78. The van der Waals surface area contributed by atoms with Crippen molar-refractivity contribution < 1.29 is 14.4 Å². The number of carbonyl (C=O) groups is 3. The number of rotatable bonds is 3. The van der Waals surface area contributed by atoms with Gasteiger partial charge in [-0.15, -0.1) is 0 Å². The second-order valence-corrected chi connectivity index (χ2v) is 6.84. The molecule has 2 saturated carbocycles. The Morgan fingerprint density at radius 1 is 1.11 bits per heavy atom. The average molecular weight is 263 g/mol. The minimum absolute atomic E-state index is 0.0193. The summed E-state index contributed by atoms with van der Waals surface area (Å²) in [6.07, 6.45) is 5.23. The Balaban J connectivity index is 1.64. The van der Waals surface area contributed by atoms with E-state index < -0.39 is 0 Å². The highest BCUT2D eigenvalue weighted by molar-refractivity contribution is 6.12. The van der Waals surface area contributed by atoms with Crippen LogP contribution in [0.15, 0.2) is 0 Å². The van der Waals surface area contributed by atoms with Crippen LogP contribution in [0.3, 0.4) is 0 Å². The van der Waals surface area contributed by atoms with Crippen molar-refractivity contribution in [2.24, 2.45) is 23.2 Å². The smallest absolute Gasteiger partial charge is 0.234 e. The molecule has 2 amide bonds. The third-order valence-electron chi connectivity index (χ3n) is 5.27. The summed E-state index contributed by atoms with van der Waals surface area (Å²) in [4.78, 5) is 37.7. The summed E-state index contributed by atoms with van der Waals surface area (Å²) < 4.78 is 0. The summed E-state index contributed by atoms with van der Waals surface area (Å²) >= 11 is 0. The maximum atomic E-state index is 12.2. The largest absolute Gasteiger partial charge is 0.297 e. The zero-order valence-corrected chi connectivity index (χ0v) is 11.6. The molecule has 104 valence electrons. The van der Waals surface area contributed by atoms with Gasteiger partial charge in [-0.2, -0.15) is 0 Å². The first kappa shape index (κ1) is 12.8. The Labute approximate surface area is 113 Å². The van der Waals surface area contributed by atoms with Gasteiger partial charge in [-0.3, -0.25) is 19.3 Å². The van der Waals surface area contributed by atoms with Gasteiger partial charge in [0.1, 0.15) is 0 Å². The second kappa shape index (κ2) is 4.15. The maximum Gasteiger partial charge on any atom is 0.234 e. The van der Waals surface area contributed by atoms with Crippen LogP contribution in [0.1, 0.15) is 46.0 Å². The van der Waals surface area contributed by atoms with E-state index in [2.05, 4.69) is 0 Å². The number of ketones is 1. The third kappa shape index (κ3) is 1.84. The van der Waals surface area contributed by atoms with E-state index in [0.717, 1.165) is 25.7 Å². The first-order chi connectivity index (χ1) is 8.94. The molecule has 3 aliphatic rings. The van der Waals surface area contributed by atoms with Crippen molar-refractivity contribution in [1.82, 2.24) is 4.90 Å². The van der Waals surface area contributed by atoms with Gasteiger partial charge >= 0.3 is 0 Å². The molecule has 1 saturated heterocycles. The van der Waals surface area contributed by atoms with Gasteiger partial charge in [-0.05, 0) is 18.3 Å². The lowest BCUT2D eigenvalue weighted by Crippen LogP contribution is -2.41. The van der Waals surface area contributed by atoms with Gasteiger partial charge in [0.25, 0.3) is 0 Å². The summed E-state index contributed by atoms with van der Waals surface area (Å²) in [6, 6.07) is 0. The van der Waals surface area contributed by atoms with Crippen molar-refractivity contribution in [3.05, 3.63) is 0 Å². The number of Topliss-reactive ketones (excluding diaryl/α,β-unsaturated/α-hetero) is 1. The fraction of sp³-hybridized carbons (Fsp3) is 0.800. The molecular weight excluding hydrogens is 242 g/mol. The SMILES string of the molecule is CC1(C)C2C(=O)N(CC(=O)C3CCCCC3)C(=O)C21. The van der Waals surface area contributed by atoms with Crippen LogP contribution in [0.5, 0.6) is 0 Å². The number of hydrogen-bond donors (Lipinski definition) is 0. The lowest BCUT2D eigenvalue weighted by molar-refractivity contribution is -0.146. The molecule has 0 N–H and O–H groups in total. The number of carbonyl (C=O) groups excluding carboxylic acids is 3. The van der Waals surface area contributed by atoms with Crippen molar-refractivity contribution in [2.45, 2.75) is 46.0 Å². The molecule has 0 radical (unpaired) electrons. The zero-order valence-electron chi connectivity index (χ0n) is 11.6. The number of piperidine rings is 1. The van der Waals surface area contributed by atoms with Gasteiger partial charge in [-0.25, -0.2) is 0 Å². The van der Waals surface area contributed by atoms with E-state index in [1.54, 1.807) is 0 Å². The quantitative estimate of drug-likeness (QED) is 0.729. The van der Waals surface area contributed by atoms with E-state index in [-0.39, 0.29) is 47.3 Å². The fourth-order valence-electron chi connectivity index (χ4n) is 3.87. The molecule has 19 heavy (non-hydrogen) atoms. The monoisotopic (exact) mass is 263 g/mol. The molecule has 0 bridgehead atoms. The highest BCUT2D eigenvalue weighted by Crippen LogP contribution is 2.63. The second-order valence-electron chi connectivity index (χ2n) is 6.84. The molecule has 1 heterocycles. The van der Waals surface area contributed by atoms with Crippen molar-refractivity contribution in [2.75, 3.05) is 6.54 Å². The van der Waals surface area contributed by atoms with Gasteiger partial charge in [0.15, 0.2) is 5.78 Å². The molecule has 0 aromatic heterocycles. The standard InChI is InChI=1S/C15H21NO3/c1-15(2)11-12(15)14(19)16(13(11)18)8-10(17)9-6-4-3-5-7-9/h9,11-12H,3-8H2,1-2H3. The van der Waals surface area contributed by atoms with Crippen LogP contribution in [0, 0.1) is 23.2 Å². The molecule has 3 fully saturated rings. The van der Waals surface area contributed by atoms with Crippen molar-refractivity contribution >= 4 is 17.6 Å². The highest BCUT2D eigenvalue weighted by Gasteiger charge is 2.72. The zero-order chi connectivity index (χ0) is 13.8. The minimum Gasteiger partial charge on any atom is -0.297 e. The number of likely N-dealkylation sites (tertiary alicyclic amines) is 1. The van der Waals surface area contributed by atoms with E-state index in [9.17, 15) is 14.4 Å². The lowest BCUT2D eigenvalue weighted by atomic mass is 9.86. The van der Waals surface area contributed by atoms with Gasteiger partial charge in [-0.1, -0.05) is 33.1 Å². The molecule has 4 heteroatoms. The van der Waals surface area contributed by atoms with Crippen LogP contribution in [0.2, 0.25) is 0 Å². The molecule has 0 aromatic rings. The summed E-state index contributed by atoms with van der Waals surface area (Å²) in [6.45, 7) is 3.93. The summed E-state index contributed by atoms with van der Waals surface area (Å²) in [5, 5.41) is 0. The van der Waals surface area contributed by atoms with Gasteiger partial charge in [0.2, 0.25) is 11.8 Å². The summed E-state index contributed by atoms with van der Waals surface area (Å²) in [5.74, 6) is -0.425. The Kier molecular flexibility index (Phi) is 2.80. The number of nitrogens with zero attached hydrogens (tertiary/aromatic N) is 1. The molecule has 2 aliphatic carbocycles. The van der Waals surface area contributed by atoms with Gasteiger partial charge in [0, 0.05) is 5.92 Å². The molecule has 1 aliphatic heterocycles. The van der Waals surface area contributed by atoms with Crippen LogP contribution in [-0.4, -0.2) is 29.0 Å². The number of hydrogen-bond acceptors (Lipinski definition) is 3. The molecule has 0 spiro atoms. The predicted molar refractivity (Wildman–Crippen MR) is 69.1 cm³/mol. The van der Waals surface area contributed by atoms with Crippen LogP contribution in [0.25, 0.3) is 0 Å². The lowest BCUT2D eigenvalue weighted by Gasteiger charge is -2.24. The molecule has 0 aromatic carbocycles. The van der Waals surface area contributed by atoms with Crippen LogP contribution >= 0.6 is 0 Å². The Bertz CT molecular complexity index is 424.